The lowest BCUT2D eigenvalue weighted by atomic mass is 9.80. The van der Waals surface area contributed by atoms with Crippen LogP contribution in [0, 0.1) is 12.8 Å². The molecular weight excluding hydrogens is 336 g/mol. The minimum absolute atomic E-state index is 0.0634. The highest BCUT2D eigenvalue weighted by molar-refractivity contribution is 7.89. The number of hydrogen-bond donors (Lipinski definition) is 0. The highest BCUT2D eigenvalue weighted by atomic mass is 32.2. The van der Waals surface area contributed by atoms with Crippen LogP contribution in [0.15, 0.2) is 29.2 Å². The third-order valence-corrected chi connectivity index (χ3v) is 7.50. The SMILES string of the molecule is Cc1ccc(S(=O)(=O)N2CCC(C(=O)N3[C@H](C)CC3(C)C)CC2)cc1. The van der Waals surface area contributed by atoms with Crippen LogP contribution in [0.4, 0.5) is 0 Å². The third-order valence-electron chi connectivity index (χ3n) is 5.59. The van der Waals surface area contributed by atoms with Crippen molar-refractivity contribution in [3.63, 3.8) is 0 Å². The summed E-state index contributed by atoms with van der Waals surface area (Å²) in [4.78, 5) is 15.1. The van der Waals surface area contributed by atoms with E-state index >= 15 is 0 Å². The van der Waals surface area contributed by atoms with Gasteiger partial charge in [0.05, 0.1) is 4.90 Å². The predicted octanol–water partition coefficient (Wildman–Crippen LogP) is 2.80. The lowest BCUT2D eigenvalue weighted by molar-refractivity contribution is -0.158. The molecule has 0 aliphatic carbocycles. The van der Waals surface area contributed by atoms with E-state index in [-0.39, 0.29) is 23.4 Å². The first-order valence-electron chi connectivity index (χ1n) is 9.03. The summed E-state index contributed by atoms with van der Waals surface area (Å²) in [5.41, 5.74) is 0.969. The smallest absolute Gasteiger partial charge is 0.243 e. The molecule has 2 fully saturated rings. The standard InChI is InChI=1S/C19H28N2O3S/c1-14-5-7-17(8-6-14)25(23,24)20-11-9-16(10-12-20)18(22)21-15(2)13-19(21,3)4/h5-8,15-16H,9-13H2,1-4H3/t15-/m1/s1. The summed E-state index contributed by atoms with van der Waals surface area (Å²) in [5, 5.41) is 0. The van der Waals surface area contributed by atoms with E-state index in [2.05, 4.69) is 20.8 Å². The number of nitrogens with zero attached hydrogens (tertiary/aromatic N) is 2. The monoisotopic (exact) mass is 364 g/mol. The number of benzene rings is 1. The first-order chi connectivity index (χ1) is 11.6. The molecule has 2 aliphatic rings. The van der Waals surface area contributed by atoms with Gasteiger partial charge in [-0.1, -0.05) is 17.7 Å². The second kappa shape index (κ2) is 6.40. The average Bonchev–Trinajstić information content (AvgIpc) is 2.54. The molecule has 0 radical (unpaired) electrons. The Morgan fingerprint density at radius 3 is 2.16 bits per heavy atom. The number of likely N-dealkylation sites (tertiary alicyclic amines) is 1. The molecule has 0 saturated carbocycles. The zero-order valence-corrected chi connectivity index (χ0v) is 16.3. The van der Waals surface area contributed by atoms with Crippen LogP contribution in [0.5, 0.6) is 0 Å². The lowest BCUT2D eigenvalue weighted by Crippen LogP contribution is -2.65. The van der Waals surface area contributed by atoms with Crippen molar-refractivity contribution in [2.75, 3.05) is 13.1 Å². The molecule has 6 heteroatoms. The van der Waals surface area contributed by atoms with Crippen molar-refractivity contribution in [2.45, 2.75) is 63.4 Å². The Morgan fingerprint density at radius 1 is 1.12 bits per heavy atom. The predicted molar refractivity (Wildman–Crippen MR) is 97.7 cm³/mol. The zero-order chi connectivity index (χ0) is 18.4. The quantitative estimate of drug-likeness (QED) is 0.829. The van der Waals surface area contributed by atoms with Gasteiger partial charge in [-0.2, -0.15) is 4.31 Å². The number of piperidine rings is 1. The van der Waals surface area contributed by atoms with Gasteiger partial charge in [-0.05, 0) is 59.1 Å². The molecule has 1 atom stereocenters. The van der Waals surface area contributed by atoms with Gasteiger partial charge in [-0.15, -0.1) is 0 Å². The Balaban J connectivity index is 1.65. The average molecular weight is 365 g/mol. The van der Waals surface area contributed by atoms with Gasteiger partial charge in [0.25, 0.3) is 0 Å². The summed E-state index contributed by atoms with van der Waals surface area (Å²) in [6.07, 6.45) is 2.23. The van der Waals surface area contributed by atoms with Crippen LogP contribution in [0.25, 0.3) is 0 Å². The van der Waals surface area contributed by atoms with E-state index in [1.54, 1.807) is 12.1 Å². The maximum absolute atomic E-state index is 12.8. The highest BCUT2D eigenvalue weighted by Crippen LogP contribution is 2.38. The highest BCUT2D eigenvalue weighted by Gasteiger charge is 2.47. The fourth-order valence-corrected chi connectivity index (χ4v) is 5.78. The molecule has 2 saturated heterocycles. The minimum atomic E-state index is -3.46. The molecule has 1 aromatic carbocycles. The first kappa shape index (κ1) is 18.4. The molecule has 5 nitrogen and oxygen atoms in total. The molecule has 1 aromatic rings. The maximum atomic E-state index is 12.8. The van der Waals surface area contributed by atoms with Crippen LogP contribution in [-0.2, 0) is 14.8 Å². The van der Waals surface area contributed by atoms with Crippen molar-refractivity contribution < 1.29 is 13.2 Å². The summed E-state index contributed by atoms with van der Waals surface area (Å²) in [7, 11) is -3.46. The minimum Gasteiger partial charge on any atom is -0.334 e. The topological polar surface area (TPSA) is 57.7 Å². The number of hydrogen-bond acceptors (Lipinski definition) is 3. The van der Waals surface area contributed by atoms with E-state index < -0.39 is 10.0 Å². The summed E-state index contributed by atoms with van der Waals surface area (Å²) in [6, 6.07) is 7.24. The van der Waals surface area contributed by atoms with Gasteiger partial charge in [-0.25, -0.2) is 8.42 Å². The molecule has 1 amide bonds. The molecule has 0 unspecified atom stereocenters. The zero-order valence-electron chi connectivity index (χ0n) is 15.5. The number of sulfonamides is 1. The van der Waals surface area contributed by atoms with Crippen molar-refractivity contribution in [1.82, 2.24) is 9.21 Å². The van der Waals surface area contributed by atoms with Gasteiger partial charge in [0, 0.05) is 30.6 Å². The summed E-state index contributed by atoms with van der Waals surface area (Å²) >= 11 is 0. The number of amides is 1. The van der Waals surface area contributed by atoms with Crippen molar-refractivity contribution in [2.24, 2.45) is 5.92 Å². The first-order valence-corrected chi connectivity index (χ1v) is 10.5. The molecule has 0 spiro atoms. The van der Waals surface area contributed by atoms with Gasteiger partial charge in [0.1, 0.15) is 0 Å². The Hall–Kier alpha value is -1.40. The molecule has 2 heterocycles. The van der Waals surface area contributed by atoms with Crippen molar-refractivity contribution in [3.05, 3.63) is 29.8 Å². The Bertz CT molecular complexity index is 747. The Labute approximate surface area is 151 Å². The van der Waals surface area contributed by atoms with Crippen molar-refractivity contribution in [3.8, 4) is 0 Å². The second-order valence-corrected chi connectivity index (χ2v) is 10.0. The molecule has 0 aromatic heterocycles. The lowest BCUT2D eigenvalue weighted by Gasteiger charge is -2.55. The van der Waals surface area contributed by atoms with Gasteiger partial charge >= 0.3 is 0 Å². The van der Waals surface area contributed by atoms with E-state index in [4.69, 9.17) is 0 Å². The van der Waals surface area contributed by atoms with E-state index in [9.17, 15) is 13.2 Å². The third kappa shape index (κ3) is 3.34. The van der Waals surface area contributed by atoms with Crippen LogP contribution in [0.1, 0.15) is 45.6 Å². The van der Waals surface area contributed by atoms with E-state index in [1.165, 1.54) is 4.31 Å². The fraction of sp³-hybridized carbons (Fsp3) is 0.632. The largest absolute Gasteiger partial charge is 0.334 e. The number of aryl methyl sites for hydroxylation is 1. The van der Waals surface area contributed by atoms with E-state index in [0.717, 1.165) is 12.0 Å². The molecule has 0 N–H and O–H groups in total. The number of carbonyl (C=O) groups is 1. The van der Waals surface area contributed by atoms with Crippen molar-refractivity contribution in [1.29, 1.82) is 0 Å². The van der Waals surface area contributed by atoms with Gasteiger partial charge in [-0.3, -0.25) is 4.79 Å². The molecule has 2 aliphatic heterocycles. The Morgan fingerprint density at radius 2 is 1.68 bits per heavy atom. The van der Waals surface area contributed by atoms with Crippen LogP contribution in [0.2, 0.25) is 0 Å². The maximum Gasteiger partial charge on any atom is 0.243 e. The summed E-state index contributed by atoms with van der Waals surface area (Å²) in [5.74, 6) is 0.127. The van der Waals surface area contributed by atoms with E-state index in [0.29, 0.717) is 30.8 Å². The molecule has 25 heavy (non-hydrogen) atoms. The summed E-state index contributed by atoms with van der Waals surface area (Å²) < 4.78 is 27.0. The normalized spacial score (nSPS) is 24.8. The summed E-state index contributed by atoms with van der Waals surface area (Å²) in [6.45, 7) is 9.04. The number of rotatable bonds is 3. The molecular formula is C19H28N2O3S. The fourth-order valence-electron chi connectivity index (χ4n) is 4.31. The Kier molecular flexibility index (Phi) is 4.71. The molecule has 0 bridgehead atoms. The second-order valence-electron chi connectivity index (χ2n) is 8.07. The van der Waals surface area contributed by atoms with Gasteiger partial charge < -0.3 is 4.90 Å². The molecule has 138 valence electrons. The van der Waals surface area contributed by atoms with Gasteiger partial charge in [0.2, 0.25) is 15.9 Å². The van der Waals surface area contributed by atoms with Crippen LogP contribution < -0.4 is 0 Å². The van der Waals surface area contributed by atoms with Crippen molar-refractivity contribution >= 4 is 15.9 Å². The van der Waals surface area contributed by atoms with Gasteiger partial charge in [0.15, 0.2) is 0 Å². The van der Waals surface area contributed by atoms with Crippen LogP contribution in [0.3, 0.4) is 0 Å². The van der Waals surface area contributed by atoms with E-state index in [1.807, 2.05) is 24.0 Å². The molecule has 3 rings (SSSR count). The van der Waals surface area contributed by atoms with Crippen LogP contribution >= 0.6 is 0 Å². The van der Waals surface area contributed by atoms with Crippen LogP contribution in [-0.4, -0.2) is 48.2 Å². The number of carbonyl (C=O) groups excluding carboxylic acids is 1.